The Morgan fingerprint density at radius 2 is 2.05 bits per heavy atom. The second kappa shape index (κ2) is 6.40. The second-order valence-electron chi connectivity index (χ2n) is 5.38. The maximum absolute atomic E-state index is 9.23. The number of likely N-dealkylation sites (N-methyl/N-ethyl adjacent to an activating group) is 1. The molecule has 1 aromatic rings. The van der Waals surface area contributed by atoms with E-state index in [9.17, 15) is 5.11 Å². The lowest BCUT2D eigenvalue weighted by Crippen LogP contribution is -2.37. The number of hydrogen-bond donors (Lipinski definition) is 1. The fourth-order valence-corrected chi connectivity index (χ4v) is 3.07. The van der Waals surface area contributed by atoms with Crippen LogP contribution in [0.15, 0.2) is 18.2 Å². The van der Waals surface area contributed by atoms with Gasteiger partial charge in [-0.1, -0.05) is 19.9 Å². The van der Waals surface area contributed by atoms with Gasteiger partial charge in [-0.2, -0.15) is 0 Å². The smallest absolute Gasteiger partial charge is 0.0684 e. The van der Waals surface area contributed by atoms with Crippen molar-refractivity contribution in [1.29, 1.82) is 0 Å². The Kier molecular flexibility index (Phi) is 4.83. The van der Waals surface area contributed by atoms with E-state index < -0.39 is 0 Å². The van der Waals surface area contributed by atoms with E-state index in [2.05, 4.69) is 48.8 Å². The SMILES string of the molecule is CCN(CC)C1CCN(c2ccc(CO)c(C)c2)C1. The van der Waals surface area contributed by atoms with Gasteiger partial charge in [0.1, 0.15) is 0 Å². The first-order chi connectivity index (χ1) is 9.19. The van der Waals surface area contributed by atoms with Crippen LogP contribution in [-0.2, 0) is 6.61 Å². The molecule has 0 aromatic heterocycles. The average Bonchev–Trinajstić information content (AvgIpc) is 2.90. The van der Waals surface area contributed by atoms with Crippen LogP contribution in [0, 0.1) is 6.92 Å². The average molecular weight is 262 g/mol. The fourth-order valence-electron chi connectivity index (χ4n) is 3.07. The molecule has 1 N–H and O–H groups in total. The lowest BCUT2D eigenvalue weighted by atomic mass is 10.1. The molecule has 1 saturated heterocycles. The molecule has 3 heteroatoms. The van der Waals surface area contributed by atoms with E-state index in [0.717, 1.165) is 31.7 Å². The van der Waals surface area contributed by atoms with Gasteiger partial charge >= 0.3 is 0 Å². The van der Waals surface area contributed by atoms with E-state index in [1.54, 1.807) is 0 Å². The van der Waals surface area contributed by atoms with Crippen molar-refractivity contribution < 1.29 is 5.11 Å². The van der Waals surface area contributed by atoms with Gasteiger partial charge in [0.05, 0.1) is 6.61 Å². The molecule has 0 bridgehead atoms. The molecule has 0 saturated carbocycles. The van der Waals surface area contributed by atoms with Gasteiger partial charge in [-0.25, -0.2) is 0 Å². The topological polar surface area (TPSA) is 26.7 Å². The Morgan fingerprint density at radius 1 is 1.32 bits per heavy atom. The Morgan fingerprint density at radius 3 is 2.63 bits per heavy atom. The minimum atomic E-state index is 0.133. The van der Waals surface area contributed by atoms with Crippen molar-refractivity contribution in [3.63, 3.8) is 0 Å². The van der Waals surface area contributed by atoms with Crippen LogP contribution in [0.5, 0.6) is 0 Å². The zero-order valence-corrected chi connectivity index (χ0v) is 12.4. The highest BCUT2D eigenvalue weighted by molar-refractivity contribution is 5.51. The van der Waals surface area contributed by atoms with Crippen LogP contribution in [0.2, 0.25) is 0 Å². The predicted molar refractivity (Wildman–Crippen MR) is 80.6 cm³/mol. The third-order valence-corrected chi connectivity index (χ3v) is 4.35. The highest BCUT2D eigenvalue weighted by Gasteiger charge is 2.26. The molecule has 0 aliphatic carbocycles. The molecular formula is C16H26N2O. The minimum absolute atomic E-state index is 0.133. The Bertz CT molecular complexity index is 415. The Balaban J connectivity index is 2.06. The summed E-state index contributed by atoms with van der Waals surface area (Å²) in [6.45, 7) is 11.2. The first-order valence-corrected chi connectivity index (χ1v) is 7.39. The predicted octanol–water partition coefficient (Wildman–Crippen LogP) is 2.41. The number of aliphatic hydroxyl groups excluding tert-OH is 1. The van der Waals surface area contributed by atoms with Crippen molar-refractivity contribution in [1.82, 2.24) is 4.90 Å². The third-order valence-electron chi connectivity index (χ3n) is 4.35. The van der Waals surface area contributed by atoms with E-state index >= 15 is 0 Å². The number of anilines is 1. The van der Waals surface area contributed by atoms with Crippen LogP contribution >= 0.6 is 0 Å². The van der Waals surface area contributed by atoms with Crippen LogP contribution in [-0.4, -0.2) is 42.2 Å². The number of nitrogens with zero attached hydrogens (tertiary/aromatic N) is 2. The molecule has 19 heavy (non-hydrogen) atoms. The van der Waals surface area contributed by atoms with Gasteiger partial charge in [0, 0.05) is 24.8 Å². The quantitative estimate of drug-likeness (QED) is 0.883. The molecule has 1 fully saturated rings. The van der Waals surface area contributed by atoms with Gasteiger partial charge in [-0.05, 0) is 49.7 Å². The third kappa shape index (κ3) is 3.10. The number of aliphatic hydroxyl groups is 1. The first-order valence-electron chi connectivity index (χ1n) is 7.39. The summed E-state index contributed by atoms with van der Waals surface area (Å²) in [4.78, 5) is 5.02. The Labute approximate surface area is 116 Å². The molecule has 0 amide bonds. The van der Waals surface area contributed by atoms with E-state index in [0.29, 0.717) is 6.04 Å². The highest BCUT2D eigenvalue weighted by Crippen LogP contribution is 2.25. The molecule has 1 aliphatic heterocycles. The molecule has 0 spiro atoms. The normalized spacial score (nSPS) is 19.4. The largest absolute Gasteiger partial charge is 0.392 e. The highest BCUT2D eigenvalue weighted by atomic mass is 16.3. The first kappa shape index (κ1) is 14.4. The Hall–Kier alpha value is -1.06. The maximum Gasteiger partial charge on any atom is 0.0684 e. The molecule has 1 heterocycles. The van der Waals surface area contributed by atoms with Crippen molar-refractivity contribution in [2.45, 2.75) is 39.8 Å². The molecule has 1 atom stereocenters. The molecule has 1 unspecified atom stereocenters. The number of hydrogen-bond acceptors (Lipinski definition) is 3. The zero-order chi connectivity index (χ0) is 13.8. The van der Waals surface area contributed by atoms with Crippen molar-refractivity contribution in [3.05, 3.63) is 29.3 Å². The number of aryl methyl sites for hydroxylation is 1. The van der Waals surface area contributed by atoms with Crippen LogP contribution in [0.1, 0.15) is 31.4 Å². The molecule has 1 aromatic carbocycles. The maximum atomic E-state index is 9.23. The summed E-state index contributed by atoms with van der Waals surface area (Å²) in [5.74, 6) is 0. The van der Waals surface area contributed by atoms with Gasteiger partial charge in [0.25, 0.3) is 0 Å². The van der Waals surface area contributed by atoms with Gasteiger partial charge in [0.15, 0.2) is 0 Å². The van der Waals surface area contributed by atoms with Crippen molar-refractivity contribution in [2.75, 3.05) is 31.1 Å². The van der Waals surface area contributed by atoms with Gasteiger partial charge in [0.2, 0.25) is 0 Å². The van der Waals surface area contributed by atoms with Gasteiger partial charge in [-0.3, -0.25) is 4.90 Å². The van der Waals surface area contributed by atoms with E-state index in [4.69, 9.17) is 0 Å². The monoisotopic (exact) mass is 262 g/mol. The van der Waals surface area contributed by atoms with E-state index in [1.165, 1.54) is 17.7 Å². The number of rotatable bonds is 5. The zero-order valence-electron chi connectivity index (χ0n) is 12.4. The van der Waals surface area contributed by atoms with Crippen molar-refractivity contribution >= 4 is 5.69 Å². The molecule has 3 nitrogen and oxygen atoms in total. The summed E-state index contributed by atoms with van der Waals surface area (Å²) in [5, 5.41) is 9.23. The van der Waals surface area contributed by atoms with Crippen molar-refractivity contribution in [3.8, 4) is 0 Å². The van der Waals surface area contributed by atoms with Crippen LogP contribution in [0.3, 0.4) is 0 Å². The lowest BCUT2D eigenvalue weighted by Gasteiger charge is -2.27. The summed E-state index contributed by atoms with van der Waals surface area (Å²) >= 11 is 0. The summed E-state index contributed by atoms with van der Waals surface area (Å²) in [6, 6.07) is 7.09. The summed E-state index contributed by atoms with van der Waals surface area (Å²) < 4.78 is 0. The number of benzene rings is 1. The lowest BCUT2D eigenvalue weighted by molar-refractivity contribution is 0.232. The molecule has 106 valence electrons. The molecular weight excluding hydrogens is 236 g/mol. The molecule has 0 radical (unpaired) electrons. The van der Waals surface area contributed by atoms with E-state index in [-0.39, 0.29) is 6.61 Å². The standard InChI is InChI=1S/C16H26N2O/c1-4-17(5-2)16-8-9-18(11-16)15-7-6-14(12-19)13(3)10-15/h6-7,10,16,19H,4-5,8-9,11-12H2,1-3H3. The fraction of sp³-hybridized carbons (Fsp3) is 0.625. The van der Waals surface area contributed by atoms with Crippen LogP contribution in [0.4, 0.5) is 5.69 Å². The second-order valence-corrected chi connectivity index (χ2v) is 5.38. The molecule has 1 aliphatic rings. The van der Waals surface area contributed by atoms with Crippen LogP contribution < -0.4 is 4.90 Å². The summed E-state index contributed by atoms with van der Waals surface area (Å²) in [7, 11) is 0. The molecule has 2 rings (SSSR count). The van der Waals surface area contributed by atoms with Crippen LogP contribution in [0.25, 0.3) is 0 Å². The minimum Gasteiger partial charge on any atom is -0.392 e. The van der Waals surface area contributed by atoms with Gasteiger partial charge < -0.3 is 10.0 Å². The summed E-state index contributed by atoms with van der Waals surface area (Å²) in [5.41, 5.74) is 3.51. The summed E-state index contributed by atoms with van der Waals surface area (Å²) in [6.07, 6.45) is 1.25. The van der Waals surface area contributed by atoms with Crippen molar-refractivity contribution in [2.24, 2.45) is 0 Å². The van der Waals surface area contributed by atoms with Gasteiger partial charge in [-0.15, -0.1) is 0 Å². The van der Waals surface area contributed by atoms with E-state index in [1.807, 2.05) is 0 Å².